The predicted molar refractivity (Wildman–Crippen MR) is 78.4 cm³/mol. The molecule has 100 valence electrons. The molecule has 1 atom stereocenters. The highest BCUT2D eigenvalue weighted by Crippen LogP contribution is 2.22. The van der Waals surface area contributed by atoms with E-state index in [1.54, 1.807) is 11.8 Å². The lowest BCUT2D eigenvalue weighted by molar-refractivity contribution is -0.120. The Kier molecular flexibility index (Phi) is 6.54. The molecule has 1 saturated heterocycles. The largest absolute Gasteiger partial charge is 0.355 e. The van der Waals surface area contributed by atoms with Gasteiger partial charge in [0, 0.05) is 30.4 Å². The molecule has 0 spiro atoms. The maximum Gasteiger partial charge on any atom is 0.233 e. The van der Waals surface area contributed by atoms with E-state index >= 15 is 0 Å². The molecule has 18 heavy (non-hydrogen) atoms. The van der Waals surface area contributed by atoms with Crippen LogP contribution in [0.25, 0.3) is 0 Å². The Bertz CT molecular complexity index is 371. The lowest BCUT2D eigenvalue weighted by atomic mass is 10.0. The highest BCUT2D eigenvalue weighted by atomic mass is 35.5. The molecular formula is C13H19ClN2OS. The lowest BCUT2D eigenvalue weighted by Crippen LogP contribution is -2.49. The summed E-state index contributed by atoms with van der Waals surface area (Å²) in [4.78, 5) is 13.0. The van der Waals surface area contributed by atoms with E-state index in [1.165, 1.54) is 0 Å². The molecule has 0 bridgehead atoms. The van der Waals surface area contributed by atoms with Gasteiger partial charge in [0.25, 0.3) is 0 Å². The summed E-state index contributed by atoms with van der Waals surface area (Å²) in [5.74, 6) is 0.749. The summed E-state index contributed by atoms with van der Waals surface area (Å²) >= 11 is 1.60. The van der Waals surface area contributed by atoms with Crippen molar-refractivity contribution in [1.29, 1.82) is 0 Å². The van der Waals surface area contributed by atoms with Gasteiger partial charge < -0.3 is 10.6 Å². The molecular weight excluding hydrogens is 268 g/mol. The third-order valence-electron chi connectivity index (χ3n) is 2.86. The van der Waals surface area contributed by atoms with Gasteiger partial charge in [0.05, 0.1) is 5.25 Å². The number of thioether (sulfide) groups is 1. The number of amides is 1. The fraction of sp³-hybridized carbons (Fsp3) is 0.462. The van der Waals surface area contributed by atoms with E-state index in [4.69, 9.17) is 0 Å². The zero-order valence-corrected chi connectivity index (χ0v) is 12.0. The van der Waals surface area contributed by atoms with Crippen LogP contribution in [0, 0.1) is 5.92 Å². The molecule has 1 fully saturated rings. The Morgan fingerprint density at radius 3 is 2.67 bits per heavy atom. The lowest BCUT2D eigenvalue weighted by Gasteiger charge is -2.27. The van der Waals surface area contributed by atoms with Crippen LogP contribution in [0.4, 0.5) is 0 Å². The molecule has 3 nitrogen and oxygen atoms in total. The van der Waals surface area contributed by atoms with Crippen LogP contribution >= 0.6 is 24.2 Å². The second-order valence-corrected chi connectivity index (χ2v) is 5.76. The van der Waals surface area contributed by atoms with Gasteiger partial charge in [-0.1, -0.05) is 18.2 Å². The summed E-state index contributed by atoms with van der Waals surface area (Å²) in [5, 5.41) is 6.17. The van der Waals surface area contributed by atoms with Gasteiger partial charge in [-0.15, -0.1) is 24.2 Å². The van der Waals surface area contributed by atoms with Crippen molar-refractivity contribution >= 4 is 30.1 Å². The van der Waals surface area contributed by atoms with E-state index in [1.807, 2.05) is 37.3 Å². The predicted octanol–water partition coefficient (Wildman–Crippen LogP) is 1.92. The van der Waals surface area contributed by atoms with E-state index in [0.29, 0.717) is 5.92 Å². The molecule has 1 unspecified atom stereocenters. The van der Waals surface area contributed by atoms with Crippen molar-refractivity contribution in [2.75, 3.05) is 19.6 Å². The fourth-order valence-corrected chi connectivity index (χ4v) is 2.55. The van der Waals surface area contributed by atoms with Gasteiger partial charge in [-0.3, -0.25) is 4.79 Å². The van der Waals surface area contributed by atoms with E-state index in [2.05, 4.69) is 10.6 Å². The first-order valence-corrected chi connectivity index (χ1v) is 6.84. The minimum absolute atomic E-state index is 0. The first-order chi connectivity index (χ1) is 8.25. The van der Waals surface area contributed by atoms with Gasteiger partial charge in [0.2, 0.25) is 5.91 Å². The molecule has 0 radical (unpaired) electrons. The highest BCUT2D eigenvalue weighted by molar-refractivity contribution is 8.00. The fourth-order valence-electron chi connectivity index (χ4n) is 1.64. The van der Waals surface area contributed by atoms with Gasteiger partial charge in [0.15, 0.2) is 0 Å². The first kappa shape index (κ1) is 15.3. The minimum Gasteiger partial charge on any atom is -0.355 e. The van der Waals surface area contributed by atoms with Crippen molar-refractivity contribution in [2.45, 2.75) is 17.1 Å². The molecule has 1 aromatic rings. The highest BCUT2D eigenvalue weighted by Gasteiger charge is 2.19. The first-order valence-electron chi connectivity index (χ1n) is 5.96. The summed E-state index contributed by atoms with van der Waals surface area (Å²) in [6.45, 7) is 4.80. The van der Waals surface area contributed by atoms with E-state index in [9.17, 15) is 4.79 Å². The second-order valence-electron chi connectivity index (χ2n) is 4.34. The maximum absolute atomic E-state index is 11.8. The molecule has 1 aromatic carbocycles. The number of hydrogen-bond acceptors (Lipinski definition) is 3. The number of hydrogen-bond donors (Lipinski definition) is 2. The van der Waals surface area contributed by atoms with Crippen LogP contribution < -0.4 is 10.6 Å². The van der Waals surface area contributed by atoms with Crippen molar-refractivity contribution in [3.8, 4) is 0 Å². The van der Waals surface area contributed by atoms with Gasteiger partial charge in [-0.05, 0) is 19.1 Å². The molecule has 0 aromatic heterocycles. The average molecular weight is 287 g/mol. The Balaban J connectivity index is 0.00000162. The Labute approximate surface area is 119 Å². The number of nitrogens with one attached hydrogen (secondary N) is 2. The number of halogens is 1. The summed E-state index contributed by atoms with van der Waals surface area (Å²) in [7, 11) is 0. The number of carbonyl (C=O) groups is 1. The quantitative estimate of drug-likeness (QED) is 0.813. The normalized spacial score (nSPS) is 16.3. The van der Waals surface area contributed by atoms with Crippen LogP contribution in [-0.2, 0) is 4.79 Å². The van der Waals surface area contributed by atoms with Crippen molar-refractivity contribution in [3.05, 3.63) is 30.3 Å². The van der Waals surface area contributed by atoms with Crippen molar-refractivity contribution in [3.63, 3.8) is 0 Å². The zero-order valence-electron chi connectivity index (χ0n) is 10.4. The van der Waals surface area contributed by atoms with Crippen molar-refractivity contribution in [2.24, 2.45) is 5.92 Å². The number of carbonyl (C=O) groups excluding carboxylic acids is 1. The van der Waals surface area contributed by atoms with Crippen LogP contribution in [0.5, 0.6) is 0 Å². The molecule has 0 aliphatic carbocycles. The monoisotopic (exact) mass is 286 g/mol. The molecule has 1 aliphatic rings. The Morgan fingerprint density at radius 2 is 2.11 bits per heavy atom. The molecule has 2 N–H and O–H groups in total. The van der Waals surface area contributed by atoms with Crippen LogP contribution in [0.15, 0.2) is 35.2 Å². The smallest absolute Gasteiger partial charge is 0.233 e. The van der Waals surface area contributed by atoms with E-state index in [-0.39, 0.29) is 23.6 Å². The van der Waals surface area contributed by atoms with Crippen LogP contribution in [0.2, 0.25) is 0 Å². The summed E-state index contributed by atoms with van der Waals surface area (Å²) in [6.07, 6.45) is 0. The van der Waals surface area contributed by atoms with E-state index < -0.39 is 0 Å². The Morgan fingerprint density at radius 1 is 1.44 bits per heavy atom. The van der Waals surface area contributed by atoms with Crippen molar-refractivity contribution < 1.29 is 4.79 Å². The number of benzene rings is 1. The third kappa shape index (κ3) is 4.52. The number of rotatable bonds is 5. The van der Waals surface area contributed by atoms with Crippen molar-refractivity contribution in [1.82, 2.24) is 10.6 Å². The van der Waals surface area contributed by atoms with Crippen LogP contribution in [-0.4, -0.2) is 30.8 Å². The second kappa shape index (κ2) is 7.67. The van der Waals surface area contributed by atoms with Gasteiger partial charge in [-0.2, -0.15) is 0 Å². The third-order valence-corrected chi connectivity index (χ3v) is 3.97. The molecule has 2 rings (SSSR count). The summed E-state index contributed by atoms with van der Waals surface area (Å²) in [6, 6.07) is 10.0. The Hall–Kier alpha value is -0.710. The zero-order chi connectivity index (χ0) is 12.1. The minimum atomic E-state index is -0.0366. The van der Waals surface area contributed by atoms with Crippen LogP contribution in [0.1, 0.15) is 6.92 Å². The standard InChI is InChI=1S/C13H18N2OS.ClH/c1-10(17-12-5-3-2-4-6-12)13(16)15-9-11-7-14-8-11;/h2-6,10-11,14H,7-9H2,1H3,(H,15,16);1H. The maximum atomic E-state index is 11.8. The van der Waals surface area contributed by atoms with E-state index in [0.717, 1.165) is 24.5 Å². The topological polar surface area (TPSA) is 41.1 Å². The van der Waals surface area contributed by atoms with Gasteiger partial charge in [-0.25, -0.2) is 0 Å². The van der Waals surface area contributed by atoms with Gasteiger partial charge in [0.1, 0.15) is 0 Å². The summed E-state index contributed by atoms with van der Waals surface area (Å²) in [5.41, 5.74) is 0. The SMILES string of the molecule is CC(Sc1ccccc1)C(=O)NCC1CNC1.Cl. The summed E-state index contributed by atoms with van der Waals surface area (Å²) < 4.78 is 0. The molecule has 1 heterocycles. The van der Waals surface area contributed by atoms with Gasteiger partial charge >= 0.3 is 0 Å². The molecule has 5 heteroatoms. The average Bonchev–Trinajstić information content (AvgIpc) is 2.28. The van der Waals surface area contributed by atoms with Crippen LogP contribution in [0.3, 0.4) is 0 Å². The molecule has 1 amide bonds. The molecule has 1 aliphatic heterocycles. The molecule has 0 saturated carbocycles.